The van der Waals surface area contributed by atoms with Gasteiger partial charge in [-0.1, -0.05) is 70.4 Å². The fourth-order valence-corrected chi connectivity index (χ4v) is 3.67. The Bertz CT molecular complexity index is 436. The van der Waals surface area contributed by atoms with Crippen molar-refractivity contribution >= 4 is 22.6 Å². The van der Waals surface area contributed by atoms with Crippen LogP contribution in [-0.4, -0.2) is 6.04 Å². The zero-order chi connectivity index (χ0) is 12.3. The van der Waals surface area contributed by atoms with E-state index in [4.69, 9.17) is 5.53 Å². The quantitative estimate of drug-likeness (QED) is 0.242. The van der Waals surface area contributed by atoms with Crippen LogP contribution in [0.3, 0.4) is 0 Å². The van der Waals surface area contributed by atoms with Gasteiger partial charge in [-0.05, 0) is 30.9 Å². The number of hydrogen-bond acceptors (Lipinski definition) is 1. The van der Waals surface area contributed by atoms with Crippen LogP contribution in [0.2, 0.25) is 0 Å². The second-order valence-electron chi connectivity index (χ2n) is 4.69. The molecule has 1 fully saturated rings. The van der Waals surface area contributed by atoms with Crippen LogP contribution in [0.25, 0.3) is 10.4 Å². The van der Waals surface area contributed by atoms with E-state index in [2.05, 4.69) is 63.8 Å². The smallest absolute Gasteiger partial charge is 0.0560 e. The molecule has 0 spiro atoms. The van der Waals surface area contributed by atoms with Crippen molar-refractivity contribution in [3.63, 3.8) is 0 Å². The predicted octanol–water partition coefficient (Wildman–Crippen LogP) is 4.88. The number of nitrogens with zero attached hydrogens (tertiary/aromatic N) is 3. The average molecular weight is 341 g/mol. The standard InChI is InChI=1S/C13H16IN3/c1-10-5-7-11(8-6-10)13(14)9-3-2-4-12(13)16-17-15/h5-8,12H,2-4,9H2,1H3. The molecule has 0 heterocycles. The van der Waals surface area contributed by atoms with Crippen LogP contribution in [0.4, 0.5) is 0 Å². The highest BCUT2D eigenvalue weighted by molar-refractivity contribution is 14.1. The Hall–Kier alpha value is -0.740. The molecule has 1 aromatic carbocycles. The highest BCUT2D eigenvalue weighted by Gasteiger charge is 2.39. The van der Waals surface area contributed by atoms with Crippen LogP contribution >= 0.6 is 22.6 Å². The minimum absolute atomic E-state index is 0.0179. The summed E-state index contributed by atoms with van der Waals surface area (Å²) in [6, 6.07) is 8.71. The summed E-state index contributed by atoms with van der Waals surface area (Å²) in [7, 11) is 0. The number of rotatable bonds is 2. The highest BCUT2D eigenvalue weighted by Crippen LogP contribution is 2.46. The second-order valence-corrected chi connectivity index (χ2v) is 6.62. The maximum Gasteiger partial charge on any atom is 0.0560 e. The van der Waals surface area contributed by atoms with Gasteiger partial charge in [0.15, 0.2) is 0 Å². The molecule has 0 radical (unpaired) electrons. The molecule has 0 aromatic heterocycles. The van der Waals surface area contributed by atoms with E-state index in [9.17, 15) is 0 Å². The molecule has 1 aliphatic carbocycles. The number of hydrogen-bond donors (Lipinski definition) is 0. The lowest BCUT2D eigenvalue weighted by molar-refractivity contribution is 0.368. The van der Waals surface area contributed by atoms with Crippen molar-refractivity contribution in [3.8, 4) is 0 Å². The first kappa shape index (κ1) is 12.7. The summed E-state index contributed by atoms with van der Waals surface area (Å²) in [5, 5.41) is 4.01. The van der Waals surface area contributed by atoms with Crippen molar-refractivity contribution in [1.29, 1.82) is 0 Å². The summed E-state index contributed by atoms with van der Waals surface area (Å²) in [5.41, 5.74) is 11.3. The molecule has 1 aromatic rings. The Morgan fingerprint density at radius 2 is 2.06 bits per heavy atom. The van der Waals surface area contributed by atoms with Gasteiger partial charge < -0.3 is 0 Å². The third-order valence-corrected chi connectivity index (χ3v) is 5.40. The molecular weight excluding hydrogens is 325 g/mol. The fraction of sp³-hybridized carbons (Fsp3) is 0.538. The Morgan fingerprint density at radius 1 is 1.35 bits per heavy atom. The van der Waals surface area contributed by atoms with E-state index < -0.39 is 0 Å². The molecule has 1 aliphatic rings. The lowest BCUT2D eigenvalue weighted by Crippen LogP contribution is -2.35. The van der Waals surface area contributed by atoms with Crippen LogP contribution < -0.4 is 0 Å². The largest absolute Gasteiger partial charge is 0.0889 e. The van der Waals surface area contributed by atoms with Crippen molar-refractivity contribution in [2.75, 3.05) is 0 Å². The number of azide groups is 1. The zero-order valence-electron chi connectivity index (χ0n) is 9.93. The first-order valence-electron chi connectivity index (χ1n) is 5.97. The van der Waals surface area contributed by atoms with E-state index in [1.54, 1.807) is 0 Å². The van der Waals surface area contributed by atoms with E-state index in [0.29, 0.717) is 0 Å². The minimum Gasteiger partial charge on any atom is -0.0889 e. The first-order chi connectivity index (χ1) is 8.16. The van der Waals surface area contributed by atoms with Crippen LogP contribution in [0.1, 0.15) is 36.8 Å². The van der Waals surface area contributed by atoms with Gasteiger partial charge >= 0.3 is 0 Å². The van der Waals surface area contributed by atoms with E-state index in [-0.39, 0.29) is 9.46 Å². The summed E-state index contributed by atoms with van der Waals surface area (Å²) in [5.74, 6) is 0. The van der Waals surface area contributed by atoms with E-state index >= 15 is 0 Å². The van der Waals surface area contributed by atoms with Crippen molar-refractivity contribution in [2.24, 2.45) is 5.11 Å². The lowest BCUT2D eigenvalue weighted by Gasteiger charge is -2.37. The zero-order valence-corrected chi connectivity index (χ0v) is 12.1. The maximum atomic E-state index is 8.70. The molecule has 4 heteroatoms. The fourth-order valence-electron chi connectivity index (χ4n) is 2.49. The number of halogens is 1. The van der Waals surface area contributed by atoms with E-state index in [1.165, 1.54) is 24.0 Å². The SMILES string of the molecule is Cc1ccc(C2(I)CCCCC2N=[N+]=[N-])cc1. The molecule has 1 saturated carbocycles. The summed E-state index contributed by atoms with van der Waals surface area (Å²) < 4.78 is -0.0179. The molecular formula is C13H16IN3. The van der Waals surface area contributed by atoms with Gasteiger partial charge in [-0.25, -0.2) is 0 Å². The molecule has 0 amide bonds. The number of benzene rings is 1. The Balaban J connectivity index is 2.37. The summed E-state index contributed by atoms with van der Waals surface area (Å²) >= 11 is 2.49. The molecule has 2 rings (SSSR count). The average Bonchev–Trinajstić information content (AvgIpc) is 2.33. The van der Waals surface area contributed by atoms with Gasteiger partial charge in [-0.15, -0.1) is 0 Å². The number of aryl methyl sites for hydroxylation is 1. The van der Waals surface area contributed by atoms with Crippen LogP contribution in [0.15, 0.2) is 29.4 Å². The minimum atomic E-state index is -0.0179. The molecule has 0 bridgehead atoms. The van der Waals surface area contributed by atoms with Gasteiger partial charge in [0.1, 0.15) is 0 Å². The highest BCUT2D eigenvalue weighted by atomic mass is 127. The lowest BCUT2D eigenvalue weighted by atomic mass is 9.80. The molecule has 3 nitrogen and oxygen atoms in total. The monoisotopic (exact) mass is 341 g/mol. The number of alkyl halides is 1. The van der Waals surface area contributed by atoms with Gasteiger partial charge in [0.25, 0.3) is 0 Å². The van der Waals surface area contributed by atoms with Crippen molar-refractivity contribution < 1.29 is 0 Å². The third-order valence-electron chi connectivity index (χ3n) is 3.52. The summed E-state index contributed by atoms with van der Waals surface area (Å²) in [6.07, 6.45) is 4.48. The molecule has 0 N–H and O–H groups in total. The molecule has 2 atom stereocenters. The van der Waals surface area contributed by atoms with Crippen molar-refractivity contribution in [1.82, 2.24) is 0 Å². The van der Waals surface area contributed by atoms with Crippen molar-refractivity contribution in [3.05, 3.63) is 45.8 Å². The Kier molecular flexibility index (Phi) is 3.94. The van der Waals surface area contributed by atoms with E-state index in [1.807, 2.05) is 0 Å². The van der Waals surface area contributed by atoms with Gasteiger partial charge in [0, 0.05) is 4.91 Å². The van der Waals surface area contributed by atoms with E-state index in [0.717, 1.165) is 12.8 Å². The van der Waals surface area contributed by atoms with Crippen LogP contribution in [0, 0.1) is 6.92 Å². The molecule has 0 aliphatic heterocycles. The maximum absolute atomic E-state index is 8.70. The van der Waals surface area contributed by atoms with Crippen LogP contribution in [0.5, 0.6) is 0 Å². The second kappa shape index (κ2) is 5.27. The normalized spacial score (nSPS) is 28.5. The van der Waals surface area contributed by atoms with Gasteiger partial charge in [0.05, 0.1) is 9.46 Å². The van der Waals surface area contributed by atoms with Crippen LogP contribution in [-0.2, 0) is 3.42 Å². The molecule has 90 valence electrons. The molecule has 0 saturated heterocycles. The molecule has 2 unspecified atom stereocenters. The van der Waals surface area contributed by atoms with Gasteiger partial charge in [0.2, 0.25) is 0 Å². The Morgan fingerprint density at radius 3 is 2.71 bits per heavy atom. The van der Waals surface area contributed by atoms with Gasteiger partial charge in [-0.2, -0.15) is 0 Å². The van der Waals surface area contributed by atoms with Crippen molar-refractivity contribution in [2.45, 2.75) is 42.1 Å². The van der Waals surface area contributed by atoms with Gasteiger partial charge in [-0.3, -0.25) is 0 Å². The molecule has 17 heavy (non-hydrogen) atoms. The first-order valence-corrected chi connectivity index (χ1v) is 7.05. The summed E-state index contributed by atoms with van der Waals surface area (Å²) in [4.78, 5) is 3.02. The third kappa shape index (κ3) is 2.58. The summed E-state index contributed by atoms with van der Waals surface area (Å²) in [6.45, 7) is 2.09. The Labute approximate surface area is 115 Å². The predicted molar refractivity (Wildman–Crippen MR) is 78.3 cm³/mol. The topological polar surface area (TPSA) is 48.8 Å².